The van der Waals surface area contributed by atoms with Gasteiger partial charge in [0.2, 0.25) is 0 Å². The van der Waals surface area contributed by atoms with E-state index in [1.807, 2.05) is 7.05 Å². The molecule has 1 aromatic heterocycles. The molecule has 0 aliphatic heterocycles. The van der Waals surface area contributed by atoms with Crippen LogP contribution in [0.15, 0.2) is 6.33 Å². The fourth-order valence-corrected chi connectivity index (χ4v) is 1.36. The van der Waals surface area contributed by atoms with Gasteiger partial charge >= 0.3 is 0 Å². The highest BCUT2D eigenvalue weighted by Gasteiger charge is 2.05. The molecule has 5 heteroatoms. The highest BCUT2D eigenvalue weighted by molar-refractivity contribution is 4.84. The minimum absolute atomic E-state index is 0.290. The molecule has 0 spiro atoms. The summed E-state index contributed by atoms with van der Waals surface area (Å²) in [5.74, 6) is 0.844. The lowest BCUT2D eigenvalue weighted by molar-refractivity contribution is 0.504. The fourth-order valence-electron chi connectivity index (χ4n) is 1.36. The molecule has 0 saturated carbocycles. The molecule has 0 amide bonds. The van der Waals surface area contributed by atoms with Crippen molar-refractivity contribution in [3.63, 3.8) is 0 Å². The van der Waals surface area contributed by atoms with Crippen LogP contribution in [0.1, 0.15) is 25.6 Å². The van der Waals surface area contributed by atoms with Gasteiger partial charge in [-0.3, -0.25) is 4.68 Å². The van der Waals surface area contributed by atoms with Crippen LogP contribution in [-0.4, -0.2) is 27.4 Å². The van der Waals surface area contributed by atoms with E-state index in [0.717, 1.165) is 25.2 Å². The maximum absolute atomic E-state index is 8.57. The van der Waals surface area contributed by atoms with Crippen LogP contribution in [-0.2, 0) is 13.5 Å². The zero-order chi connectivity index (χ0) is 11.1. The van der Waals surface area contributed by atoms with Crippen LogP contribution in [0.2, 0.25) is 0 Å². The Bertz CT molecular complexity index is 325. The molecule has 1 aromatic rings. The van der Waals surface area contributed by atoms with Crippen molar-refractivity contribution in [3.8, 4) is 6.07 Å². The van der Waals surface area contributed by atoms with Crippen molar-refractivity contribution in [1.82, 2.24) is 20.1 Å². The Labute approximate surface area is 90.1 Å². The molecule has 1 unspecified atom stereocenters. The Morgan fingerprint density at radius 1 is 1.67 bits per heavy atom. The van der Waals surface area contributed by atoms with Crippen LogP contribution in [0.5, 0.6) is 0 Å². The van der Waals surface area contributed by atoms with E-state index in [-0.39, 0.29) is 0 Å². The van der Waals surface area contributed by atoms with Crippen molar-refractivity contribution in [3.05, 3.63) is 12.2 Å². The molecule has 0 aliphatic carbocycles. The summed E-state index contributed by atoms with van der Waals surface area (Å²) in [6.07, 6.45) is 4.04. The van der Waals surface area contributed by atoms with Gasteiger partial charge in [0.15, 0.2) is 5.82 Å². The van der Waals surface area contributed by atoms with Crippen molar-refractivity contribution >= 4 is 0 Å². The van der Waals surface area contributed by atoms with Gasteiger partial charge in [0.25, 0.3) is 0 Å². The Hall–Kier alpha value is -1.41. The summed E-state index contributed by atoms with van der Waals surface area (Å²) in [6.45, 7) is 2.90. The summed E-state index contributed by atoms with van der Waals surface area (Å²) in [6, 6.07) is 2.46. The first-order valence-corrected chi connectivity index (χ1v) is 5.21. The van der Waals surface area contributed by atoms with Gasteiger partial charge in [-0.2, -0.15) is 10.4 Å². The van der Waals surface area contributed by atoms with E-state index in [0.29, 0.717) is 12.5 Å². The average Bonchev–Trinajstić information content (AvgIpc) is 2.63. The summed E-state index contributed by atoms with van der Waals surface area (Å²) < 4.78 is 1.70. The van der Waals surface area contributed by atoms with Crippen molar-refractivity contribution < 1.29 is 0 Å². The Morgan fingerprint density at radius 3 is 3.00 bits per heavy atom. The number of hydrogen-bond donors (Lipinski definition) is 1. The minimum atomic E-state index is 0.290. The van der Waals surface area contributed by atoms with Crippen LogP contribution in [0.3, 0.4) is 0 Å². The van der Waals surface area contributed by atoms with Crippen molar-refractivity contribution in [1.29, 1.82) is 5.26 Å². The zero-order valence-corrected chi connectivity index (χ0v) is 9.27. The molecule has 0 aromatic carbocycles. The molecule has 0 saturated heterocycles. The second-order valence-corrected chi connectivity index (χ2v) is 3.51. The predicted molar refractivity (Wildman–Crippen MR) is 57.0 cm³/mol. The van der Waals surface area contributed by atoms with Crippen molar-refractivity contribution in [2.24, 2.45) is 7.05 Å². The molecule has 0 bridgehead atoms. The van der Waals surface area contributed by atoms with Crippen LogP contribution in [0.4, 0.5) is 0 Å². The number of aryl methyl sites for hydroxylation is 1. The molecular formula is C10H17N5. The molecule has 0 aliphatic rings. The van der Waals surface area contributed by atoms with Crippen molar-refractivity contribution in [2.45, 2.75) is 32.2 Å². The van der Waals surface area contributed by atoms with Gasteiger partial charge in [0, 0.05) is 26.1 Å². The standard InChI is InChI=1S/C10H17N5/c1-3-9(4-6-11)12-7-5-10-13-8-15(2)14-10/h8-9,12H,3-5,7H2,1-2H3. The summed E-state index contributed by atoms with van der Waals surface area (Å²) >= 11 is 0. The molecule has 15 heavy (non-hydrogen) atoms. The maximum atomic E-state index is 8.57. The topological polar surface area (TPSA) is 66.5 Å². The molecule has 1 heterocycles. The number of aromatic nitrogens is 3. The first kappa shape index (κ1) is 11.7. The predicted octanol–water partition coefficient (Wildman–Crippen LogP) is 0.639. The normalized spacial score (nSPS) is 12.3. The van der Waals surface area contributed by atoms with Gasteiger partial charge in [-0.25, -0.2) is 4.98 Å². The van der Waals surface area contributed by atoms with E-state index >= 15 is 0 Å². The molecule has 1 rings (SSSR count). The summed E-state index contributed by atoms with van der Waals surface area (Å²) in [7, 11) is 1.86. The zero-order valence-electron chi connectivity index (χ0n) is 9.27. The maximum Gasteiger partial charge on any atom is 0.151 e. The third-order valence-electron chi connectivity index (χ3n) is 2.26. The number of nitrogens with one attached hydrogen (secondary N) is 1. The Kier molecular flexibility index (Phi) is 4.78. The van der Waals surface area contributed by atoms with E-state index in [2.05, 4.69) is 28.4 Å². The Morgan fingerprint density at radius 2 is 2.47 bits per heavy atom. The number of rotatable bonds is 6. The van der Waals surface area contributed by atoms with Gasteiger partial charge in [-0.05, 0) is 6.42 Å². The average molecular weight is 207 g/mol. The van der Waals surface area contributed by atoms with Gasteiger partial charge in [0.1, 0.15) is 6.33 Å². The first-order valence-electron chi connectivity index (χ1n) is 5.21. The fraction of sp³-hybridized carbons (Fsp3) is 0.700. The molecule has 1 N–H and O–H groups in total. The molecule has 0 fully saturated rings. The van der Waals surface area contributed by atoms with E-state index in [9.17, 15) is 0 Å². The quantitative estimate of drug-likeness (QED) is 0.743. The lowest BCUT2D eigenvalue weighted by atomic mass is 10.1. The minimum Gasteiger partial charge on any atom is -0.313 e. The van der Waals surface area contributed by atoms with Crippen molar-refractivity contribution in [2.75, 3.05) is 6.54 Å². The summed E-state index contributed by atoms with van der Waals surface area (Å²) in [4.78, 5) is 4.13. The largest absolute Gasteiger partial charge is 0.313 e. The molecule has 1 atom stereocenters. The number of nitriles is 1. The van der Waals surface area contributed by atoms with E-state index in [1.54, 1.807) is 11.0 Å². The van der Waals surface area contributed by atoms with Crippen LogP contribution in [0.25, 0.3) is 0 Å². The van der Waals surface area contributed by atoms with Crippen LogP contribution < -0.4 is 5.32 Å². The van der Waals surface area contributed by atoms with Gasteiger partial charge < -0.3 is 5.32 Å². The third kappa shape index (κ3) is 4.09. The van der Waals surface area contributed by atoms with E-state index in [1.165, 1.54) is 0 Å². The molecule has 82 valence electrons. The number of hydrogen-bond acceptors (Lipinski definition) is 4. The second-order valence-electron chi connectivity index (χ2n) is 3.51. The molecule has 0 radical (unpaired) electrons. The van der Waals surface area contributed by atoms with E-state index in [4.69, 9.17) is 5.26 Å². The van der Waals surface area contributed by atoms with Gasteiger partial charge in [-0.1, -0.05) is 6.92 Å². The molecular weight excluding hydrogens is 190 g/mol. The smallest absolute Gasteiger partial charge is 0.151 e. The SMILES string of the molecule is CCC(CC#N)NCCc1ncn(C)n1. The van der Waals surface area contributed by atoms with Crippen LogP contribution >= 0.6 is 0 Å². The third-order valence-corrected chi connectivity index (χ3v) is 2.26. The lowest BCUT2D eigenvalue weighted by Crippen LogP contribution is -2.30. The highest BCUT2D eigenvalue weighted by atomic mass is 15.3. The highest BCUT2D eigenvalue weighted by Crippen LogP contribution is 1.96. The van der Waals surface area contributed by atoms with Gasteiger partial charge in [0.05, 0.1) is 12.5 Å². The second kappa shape index (κ2) is 6.14. The first-order chi connectivity index (χ1) is 7.26. The monoisotopic (exact) mass is 207 g/mol. The van der Waals surface area contributed by atoms with Gasteiger partial charge in [-0.15, -0.1) is 0 Å². The lowest BCUT2D eigenvalue weighted by Gasteiger charge is -2.11. The summed E-state index contributed by atoms with van der Waals surface area (Å²) in [5, 5.41) is 16.1. The Balaban J connectivity index is 2.23. The van der Waals surface area contributed by atoms with E-state index < -0.39 is 0 Å². The van der Waals surface area contributed by atoms with Crippen LogP contribution in [0, 0.1) is 11.3 Å². The summed E-state index contributed by atoms with van der Waals surface area (Å²) in [5.41, 5.74) is 0. The molecule has 5 nitrogen and oxygen atoms in total. The number of nitrogens with zero attached hydrogens (tertiary/aromatic N) is 4.